The average Bonchev–Trinajstić information content (AvgIpc) is 2.29. The van der Waals surface area contributed by atoms with Gasteiger partial charge in [0.05, 0.1) is 6.10 Å². The molecule has 1 aromatic carbocycles. The second-order valence-corrected chi connectivity index (χ2v) is 5.04. The number of nitrogens with two attached hydrogens (primary N) is 1. The predicted molar refractivity (Wildman–Crippen MR) is 67.1 cm³/mol. The molecule has 1 aromatic rings. The highest BCUT2D eigenvalue weighted by Crippen LogP contribution is 2.31. The molecule has 2 atom stereocenters. The summed E-state index contributed by atoms with van der Waals surface area (Å²) in [6.07, 6.45) is 2.36. The maximum Gasteiger partial charge on any atom is 0.107 e. The summed E-state index contributed by atoms with van der Waals surface area (Å²) in [6, 6.07) is 5.54. The minimum Gasteiger partial charge on any atom is -0.398 e. The van der Waals surface area contributed by atoms with Crippen LogP contribution in [0, 0.1) is 0 Å². The Hall–Kier alpha value is -0.580. The first-order valence-corrected chi connectivity index (χ1v) is 6.32. The van der Waals surface area contributed by atoms with Gasteiger partial charge in [0, 0.05) is 22.3 Å². The standard InChI is InChI=1S/C12H16BrNO2/c13-8-4-5-9(10(14)7-8)12(15)11-3-1-2-6-16-11/h4-5,7,11-12,15H,1-3,6,14H2. The number of rotatable bonds is 2. The van der Waals surface area contributed by atoms with Gasteiger partial charge in [0.15, 0.2) is 0 Å². The molecule has 0 spiro atoms. The summed E-state index contributed by atoms with van der Waals surface area (Å²) in [5, 5.41) is 10.2. The lowest BCUT2D eigenvalue weighted by Crippen LogP contribution is -2.26. The van der Waals surface area contributed by atoms with Gasteiger partial charge in [0.25, 0.3) is 0 Å². The summed E-state index contributed by atoms with van der Waals surface area (Å²) in [5.41, 5.74) is 7.25. The zero-order valence-corrected chi connectivity index (χ0v) is 10.6. The molecule has 3 N–H and O–H groups in total. The molecule has 0 bridgehead atoms. The minimum atomic E-state index is -0.617. The highest BCUT2D eigenvalue weighted by atomic mass is 79.9. The SMILES string of the molecule is Nc1cc(Br)ccc1C(O)C1CCCCO1. The van der Waals surface area contributed by atoms with E-state index in [9.17, 15) is 5.11 Å². The summed E-state index contributed by atoms with van der Waals surface area (Å²) < 4.78 is 6.48. The van der Waals surface area contributed by atoms with E-state index in [-0.39, 0.29) is 6.10 Å². The van der Waals surface area contributed by atoms with Crippen LogP contribution in [-0.2, 0) is 4.74 Å². The van der Waals surface area contributed by atoms with Gasteiger partial charge >= 0.3 is 0 Å². The average molecular weight is 286 g/mol. The third-order valence-corrected chi connectivity index (χ3v) is 3.43. The van der Waals surface area contributed by atoms with Crippen molar-refractivity contribution in [2.24, 2.45) is 0 Å². The Kier molecular flexibility index (Phi) is 3.84. The molecule has 1 fully saturated rings. The van der Waals surface area contributed by atoms with Crippen LogP contribution in [0.1, 0.15) is 30.9 Å². The first kappa shape index (κ1) is 11.9. The molecule has 1 aliphatic heterocycles. The molecule has 0 aliphatic carbocycles. The van der Waals surface area contributed by atoms with Crippen molar-refractivity contribution in [2.45, 2.75) is 31.5 Å². The van der Waals surface area contributed by atoms with E-state index in [2.05, 4.69) is 15.9 Å². The molecule has 2 unspecified atom stereocenters. The van der Waals surface area contributed by atoms with E-state index in [1.165, 1.54) is 0 Å². The van der Waals surface area contributed by atoms with Gasteiger partial charge in [-0.05, 0) is 31.4 Å². The van der Waals surface area contributed by atoms with Crippen molar-refractivity contribution in [3.63, 3.8) is 0 Å². The maximum atomic E-state index is 10.2. The van der Waals surface area contributed by atoms with Crippen molar-refractivity contribution in [3.05, 3.63) is 28.2 Å². The third kappa shape index (κ3) is 2.56. The van der Waals surface area contributed by atoms with E-state index in [1.807, 2.05) is 12.1 Å². The molecule has 2 rings (SSSR count). The molecule has 1 aliphatic rings. The molecule has 0 saturated carbocycles. The smallest absolute Gasteiger partial charge is 0.107 e. The minimum absolute atomic E-state index is 0.114. The number of hydrogen-bond donors (Lipinski definition) is 2. The van der Waals surface area contributed by atoms with Crippen LogP contribution in [0.15, 0.2) is 22.7 Å². The van der Waals surface area contributed by atoms with E-state index in [0.29, 0.717) is 5.69 Å². The topological polar surface area (TPSA) is 55.5 Å². The number of benzene rings is 1. The zero-order chi connectivity index (χ0) is 11.5. The van der Waals surface area contributed by atoms with Crippen LogP contribution in [0.5, 0.6) is 0 Å². The highest BCUT2D eigenvalue weighted by Gasteiger charge is 2.25. The lowest BCUT2D eigenvalue weighted by atomic mass is 9.97. The van der Waals surface area contributed by atoms with Crippen LogP contribution in [0.4, 0.5) is 5.69 Å². The van der Waals surface area contributed by atoms with Crippen LogP contribution < -0.4 is 5.73 Å². The van der Waals surface area contributed by atoms with Crippen molar-refractivity contribution in [1.82, 2.24) is 0 Å². The summed E-state index contributed by atoms with van der Waals surface area (Å²) in [4.78, 5) is 0. The van der Waals surface area contributed by atoms with Crippen LogP contribution in [0.3, 0.4) is 0 Å². The largest absolute Gasteiger partial charge is 0.398 e. The Labute approximate surface area is 104 Å². The Balaban J connectivity index is 2.15. The van der Waals surface area contributed by atoms with E-state index in [0.717, 1.165) is 35.9 Å². The Morgan fingerprint density at radius 3 is 2.88 bits per heavy atom. The van der Waals surface area contributed by atoms with E-state index >= 15 is 0 Å². The van der Waals surface area contributed by atoms with E-state index in [1.54, 1.807) is 6.07 Å². The van der Waals surface area contributed by atoms with Gasteiger partial charge in [-0.1, -0.05) is 22.0 Å². The Morgan fingerprint density at radius 1 is 1.44 bits per heavy atom. The number of aliphatic hydroxyl groups excluding tert-OH is 1. The lowest BCUT2D eigenvalue weighted by Gasteiger charge is -2.28. The summed E-state index contributed by atoms with van der Waals surface area (Å²) >= 11 is 3.35. The van der Waals surface area contributed by atoms with Gasteiger partial charge in [-0.3, -0.25) is 0 Å². The number of anilines is 1. The second-order valence-electron chi connectivity index (χ2n) is 4.12. The first-order chi connectivity index (χ1) is 7.68. The summed E-state index contributed by atoms with van der Waals surface area (Å²) in [5.74, 6) is 0. The molecule has 1 heterocycles. The number of nitrogen functional groups attached to an aromatic ring is 1. The molecule has 1 saturated heterocycles. The normalized spacial score (nSPS) is 23.0. The summed E-state index contributed by atoms with van der Waals surface area (Å²) in [6.45, 7) is 0.734. The van der Waals surface area contributed by atoms with Gasteiger partial charge in [-0.15, -0.1) is 0 Å². The zero-order valence-electron chi connectivity index (χ0n) is 9.03. The van der Waals surface area contributed by atoms with E-state index in [4.69, 9.17) is 10.5 Å². The van der Waals surface area contributed by atoms with Gasteiger partial charge in [-0.2, -0.15) is 0 Å². The van der Waals surface area contributed by atoms with Crippen molar-refractivity contribution in [3.8, 4) is 0 Å². The Morgan fingerprint density at radius 2 is 2.25 bits per heavy atom. The second kappa shape index (κ2) is 5.17. The monoisotopic (exact) mass is 285 g/mol. The van der Waals surface area contributed by atoms with Crippen LogP contribution in [0.2, 0.25) is 0 Å². The molecular weight excluding hydrogens is 270 g/mol. The van der Waals surface area contributed by atoms with Gasteiger partial charge in [0.2, 0.25) is 0 Å². The fourth-order valence-electron chi connectivity index (χ4n) is 2.03. The highest BCUT2D eigenvalue weighted by molar-refractivity contribution is 9.10. The predicted octanol–water partition coefficient (Wildman–Crippen LogP) is 2.63. The van der Waals surface area contributed by atoms with Gasteiger partial charge in [-0.25, -0.2) is 0 Å². The van der Waals surface area contributed by atoms with Crippen molar-refractivity contribution in [2.75, 3.05) is 12.3 Å². The van der Waals surface area contributed by atoms with Gasteiger partial charge < -0.3 is 15.6 Å². The van der Waals surface area contributed by atoms with Crippen molar-refractivity contribution in [1.29, 1.82) is 0 Å². The molecule has 4 heteroatoms. The van der Waals surface area contributed by atoms with Gasteiger partial charge in [0.1, 0.15) is 6.10 Å². The third-order valence-electron chi connectivity index (χ3n) is 2.93. The number of halogens is 1. The fraction of sp³-hybridized carbons (Fsp3) is 0.500. The molecule has 0 aromatic heterocycles. The molecule has 0 amide bonds. The summed E-state index contributed by atoms with van der Waals surface area (Å²) in [7, 11) is 0. The molecule has 0 radical (unpaired) electrons. The van der Waals surface area contributed by atoms with Crippen LogP contribution >= 0.6 is 15.9 Å². The van der Waals surface area contributed by atoms with Crippen LogP contribution in [0.25, 0.3) is 0 Å². The number of hydrogen-bond acceptors (Lipinski definition) is 3. The maximum absolute atomic E-state index is 10.2. The number of aliphatic hydroxyl groups is 1. The number of ether oxygens (including phenoxy) is 1. The fourth-order valence-corrected chi connectivity index (χ4v) is 2.41. The van der Waals surface area contributed by atoms with Crippen molar-refractivity contribution < 1.29 is 9.84 Å². The molecule has 16 heavy (non-hydrogen) atoms. The molecule has 88 valence electrons. The molecule has 3 nitrogen and oxygen atoms in total. The lowest BCUT2D eigenvalue weighted by molar-refractivity contribution is -0.0630. The van der Waals surface area contributed by atoms with Crippen molar-refractivity contribution >= 4 is 21.6 Å². The first-order valence-electron chi connectivity index (χ1n) is 5.53. The van der Waals surface area contributed by atoms with Crippen LogP contribution in [-0.4, -0.2) is 17.8 Å². The Bertz CT molecular complexity index is 364. The molecular formula is C12H16BrNO2. The van der Waals surface area contributed by atoms with E-state index < -0.39 is 6.10 Å². The quantitative estimate of drug-likeness (QED) is 0.822.